The molecule has 2 N–H and O–H groups in total. The molecule has 110 valence electrons. The molecule has 4 rings (SSSR count). The summed E-state index contributed by atoms with van der Waals surface area (Å²) in [5, 5.41) is 6.91. The number of nitrogens with zero attached hydrogens (tertiary/aromatic N) is 1. The third-order valence-electron chi connectivity index (χ3n) is 4.10. The van der Waals surface area contributed by atoms with Gasteiger partial charge in [-0.25, -0.2) is 0 Å². The Morgan fingerprint density at radius 1 is 1.14 bits per heavy atom. The van der Waals surface area contributed by atoms with E-state index in [0.717, 1.165) is 37.7 Å². The molecule has 0 aromatic heterocycles. The van der Waals surface area contributed by atoms with Crippen molar-refractivity contribution < 1.29 is 9.47 Å². The molecule has 21 heavy (non-hydrogen) atoms. The van der Waals surface area contributed by atoms with Crippen molar-refractivity contribution in [2.45, 2.75) is 6.17 Å². The highest BCUT2D eigenvalue weighted by Gasteiger charge is 2.27. The van der Waals surface area contributed by atoms with Crippen LogP contribution in [-0.4, -0.2) is 44.0 Å². The largest absolute Gasteiger partial charge is 0.487 e. The highest BCUT2D eigenvalue weighted by atomic mass is 16.5. The molecule has 1 atom stereocenters. The number of anilines is 1. The maximum absolute atomic E-state index is 5.99. The Morgan fingerprint density at radius 3 is 2.90 bits per heavy atom. The molecule has 0 saturated carbocycles. The summed E-state index contributed by atoms with van der Waals surface area (Å²) in [7, 11) is 0. The van der Waals surface area contributed by atoms with Gasteiger partial charge in [0.2, 0.25) is 0 Å². The quantitative estimate of drug-likeness (QED) is 0.819. The number of dihydropyridines is 1. The minimum Gasteiger partial charge on any atom is -0.487 e. The van der Waals surface area contributed by atoms with E-state index in [4.69, 9.17) is 9.47 Å². The average Bonchev–Trinajstić information content (AvgIpc) is 2.74. The molecule has 1 fully saturated rings. The first-order chi connectivity index (χ1) is 10.4. The number of rotatable bonds is 1. The first-order valence-corrected chi connectivity index (χ1v) is 7.38. The summed E-state index contributed by atoms with van der Waals surface area (Å²) in [6, 6.07) is 8.07. The molecule has 5 heteroatoms. The normalized spacial score (nSPS) is 24.2. The molecular formula is C16H19N3O2. The van der Waals surface area contributed by atoms with Crippen LogP contribution in [0.3, 0.4) is 0 Å². The van der Waals surface area contributed by atoms with Crippen LogP contribution in [-0.2, 0) is 4.74 Å². The molecule has 0 bridgehead atoms. The Morgan fingerprint density at radius 2 is 2.00 bits per heavy atom. The summed E-state index contributed by atoms with van der Waals surface area (Å²) in [5.41, 5.74) is 3.53. The van der Waals surface area contributed by atoms with Gasteiger partial charge in [-0.1, -0.05) is 12.1 Å². The van der Waals surface area contributed by atoms with Crippen LogP contribution in [0.2, 0.25) is 0 Å². The molecule has 1 aromatic carbocycles. The standard InChI is InChI=1S/C16H19N3O2/c1-2-4-15-13(3-1)18-16-12(11-21-15)14(5-6-17-16)19-7-9-20-10-8-19/h1-6,16-18H,7-11H2. The molecule has 0 spiro atoms. The van der Waals surface area contributed by atoms with Crippen molar-refractivity contribution in [2.75, 3.05) is 38.2 Å². The molecule has 3 aliphatic rings. The first-order valence-electron chi connectivity index (χ1n) is 7.38. The lowest BCUT2D eigenvalue weighted by molar-refractivity contribution is 0.0542. The Bertz CT molecular complexity index is 591. The monoisotopic (exact) mass is 285 g/mol. The summed E-state index contributed by atoms with van der Waals surface area (Å²) < 4.78 is 11.4. The second-order valence-electron chi connectivity index (χ2n) is 5.37. The van der Waals surface area contributed by atoms with Crippen LogP contribution in [0.15, 0.2) is 47.8 Å². The van der Waals surface area contributed by atoms with Gasteiger partial charge < -0.3 is 25.0 Å². The zero-order chi connectivity index (χ0) is 14.1. The van der Waals surface area contributed by atoms with Gasteiger partial charge in [0.1, 0.15) is 18.5 Å². The highest BCUT2D eigenvalue weighted by Crippen LogP contribution is 2.31. The number of hydrogen-bond acceptors (Lipinski definition) is 5. The number of para-hydroxylation sites is 2. The van der Waals surface area contributed by atoms with Crippen molar-refractivity contribution in [3.63, 3.8) is 0 Å². The summed E-state index contributed by atoms with van der Waals surface area (Å²) >= 11 is 0. The van der Waals surface area contributed by atoms with Gasteiger partial charge in [-0.15, -0.1) is 0 Å². The van der Waals surface area contributed by atoms with E-state index in [1.54, 1.807) is 0 Å². The van der Waals surface area contributed by atoms with Gasteiger partial charge in [0.05, 0.1) is 18.9 Å². The number of allylic oxidation sites excluding steroid dienone is 1. The van der Waals surface area contributed by atoms with Crippen LogP contribution in [0.4, 0.5) is 5.69 Å². The predicted octanol–water partition coefficient (Wildman–Crippen LogP) is 1.52. The van der Waals surface area contributed by atoms with Crippen molar-refractivity contribution in [1.29, 1.82) is 0 Å². The zero-order valence-electron chi connectivity index (χ0n) is 11.8. The Labute approximate surface area is 124 Å². The second-order valence-corrected chi connectivity index (χ2v) is 5.37. The van der Waals surface area contributed by atoms with Crippen molar-refractivity contribution in [3.05, 3.63) is 47.8 Å². The molecule has 1 saturated heterocycles. The van der Waals surface area contributed by atoms with E-state index in [2.05, 4.69) is 21.6 Å². The van der Waals surface area contributed by atoms with E-state index in [1.165, 1.54) is 11.3 Å². The first kappa shape index (κ1) is 12.6. The van der Waals surface area contributed by atoms with Crippen LogP contribution in [0.25, 0.3) is 0 Å². The van der Waals surface area contributed by atoms with Crippen LogP contribution in [0, 0.1) is 0 Å². The lowest BCUT2D eigenvalue weighted by atomic mass is 10.1. The topological polar surface area (TPSA) is 45.8 Å². The smallest absolute Gasteiger partial charge is 0.142 e. The number of nitrogens with one attached hydrogen (secondary N) is 2. The average molecular weight is 285 g/mol. The van der Waals surface area contributed by atoms with E-state index in [-0.39, 0.29) is 6.17 Å². The van der Waals surface area contributed by atoms with E-state index in [9.17, 15) is 0 Å². The zero-order valence-corrected chi connectivity index (χ0v) is 11.8. The minimum absolute atomic E-state index is 0.0801. The van der Waals surface area contributed by atoms with Crippen LogP contribution < -0.4 is 15.4 Å². The highest BCUT2D eigenvalue weighted by molar-refractivity contribution is 5.59. The Kier molecular flexibility index (Phi) is 3.20. The summed E-state index contributed by atoms with van der Waals surface area (Å²) in [6.45, 7) is 4.04. The Balaban J connectivity index is 1.67. The molecule has 0 aliphatic carbocycles. The van der Waals surface area contributed by atoms with Crippen molar-refractivity contribution in [3.8, 4) is 5.75 Å². The van der Waals surface area contributed by atoms with Crippen molar-refractivity contribution in [2.24, 2.45) is 0 Å². The van der Waals surface area contributed by atoms with Gasteiger partial charge in [-0.05, 0) is 18.2 Å². The van der Waals surface area contributed by atoms with Gasteiger partial charge in [0, 0.05) is 30.6 Å². The van der Waals surface area contributed by atoms with E-state index in [1.807, 2.05) is 30.5 Å². The number of hydrogen-bond donors (Lipinski definition) is 2. The van der Waals surface area contributed by atoms with Crippen molar-refractivity contribution >= 4 is 5.69 Å². The molecule has 3 aliphatic heterocycles. The van der Waals surface area contributed by atoms with Gasteiger partial charge in [-0.2, -0.15) is 0 Å². The number of fused-ring (bicyclic) bond motifs is 2. The van der Waals surface area contributed by atoms with Crippen LogP contribution in [0.1, 0.15) is 0 Å². The molecule has 3 heterocycles. The lowest BCUT2D eigenvalue weighted by Gasteiger charge is -2.35. The predicted molar refractivity (Wildman–Crippen MR) is 81.0 cm³/mol. The van der Waals surface area contributed by atoms with Gasteiger partial charge in [-0.3, -0.25) is 0 Å². The van der Waals surface area contributed by atoms with Crippen LogP contribution >= 0.6 is 0 Å². The summed E-state index contributed by atoms with van der Waals surface area (Å²) in [5.74, 6) is 0.905. The molecule has 5 nitrogen and oxygen atoms in total. The van der Waals surface area contributed by atoms with E-state index in [0.29, 0.717) is 6.61 Å². The fourth-order valence-corrected chi connectivity index (χ4v) is 3.00. The molecule has 0 radical (unpaired) electrons. The second kappa shape index (κ2) is 5.33. The van der Waals surface area contributed by atoms with Gasteiger partial charge in [0.15, 0.2) is 0 Å². The molecule has 1 aromatic rings. The van der Waals surface area contributed by atoms with Crippen LogP contribution in [0.5, 0.6) is 5.75 Å². The summed E-state index contributed by atoms with van der Waals surface area (Å²) in [6.07, 6.45) is 4.23. The third kappa shape index (κ3) is 2.34. The summed E-state index contributed by atoms with van der Waals surface area (Å²) in [4.78, 5) is 2.38. The molecule has 0 amide bonds. The van der Waals surface area contributed by atoms with Gasteiger partial charge >= 0.3 is 0 Å². The number of ether oxygens (including phenoxy) is 2. The minimum atomic E-state index is 0.0801. The third-order valence-corrected chi connectivity index (χ3v) is 4.10. The molecule has 1 unspecified atom stereocenters. The number of morpholine rings is 1. The van der Waals surface area contributed by atoms with E-state index >= 15 is 0 Å². The fourth-order valence-electron chi connectivity index (χ4n) is 3.00. The SMILES string of the molecule is C1=CC(N2CCOCC2)=C2COc3ccccc3NC2N1. The fraction of sp³-hybridized carbons (Fsp3) is 0.375. The molecular weight excluding hydrogens is 266 g/mol. The lowest BCUT2D eigenvalue weighted by Crippen LogP contribution is -2.43. The Hall–Kier alpha value is -2.14. The van der Waals surface area contributed by atoms with Gasteiger partial charge in [0.25, 0.3) is 0 Å². The van der Waals surface area contributed by atoms with E-state index < -0.39 is 0 Å². The number of benzene rings is 1. The maximum atomic E-state index is 5.99. The maximum Gasteiger partial charge on any atom is 0.142 e. The van der Waals surface area contributed by atoms with Crippen molar-refractivity contribution in [1.82, 2.24) is 10.2 Å².